The number of fused-ring (bicyclic) bond motifs is 2. The first-order valence-corrected chi connectivity index (χ1v) is 27.7. The number of anilines is 2. The maximum atomic E-state index is 13.6. The monoisotopic (exact) mass is 1440 g/mol. The molecule has 4 heterocycles. The molecule has 8 aromatic carbocycles. The second-order valence-electron chi connectivity index (χ2n) is 16.7. The van der Waals surface area contributed by atoms with Crippen LogP contribution in [0.1, 0.15) is 35.7 Å². The van der Waals surface area contributed by atoms with Gasteiger partial charge in [0.1, 0.15) is 12.1 Å². The van der Waals surface area contributed by atoms with Gasteiger partial charge >= 0.3 is 22.8 Å². The van der Waals surface area contributed by atoms with Gasteiger partial charge in [0, 0.05) is 96.3 Å². The summed E-state index contributed by atoms with van der Waals surface area (Å²) < 4.78 is 31.2. The molecule has 0 fully saturated rings. The molecule has 0 amide bonds. The van der Waals surface area contributed by atoms with Gasteiger partial charge in [0.15, 0.2) is 21.2 Å². The molecule has 0 spiro atoms. The SMILES string of the molecule is CN(C)c1ccc(-n2c(=O)[nH][nH]c2=O)cc1.CN(C)c1ccc(-n2c(=O)n3n(c2=O)C2c4ccccc4C3c3ccccc32)cc1.O=Ic1ccccc1.O=PI.[2H][CH2-].[U].c1ccc2cc3ccccc3cc2c1. The van der Waals surface area contributed by atoms with Crippen LogP contribution < -0.4 is 32.6 Å². The second-order valence-corrected chi connectivity index (χ2v) is 19.7. The van der Waals surface area contributed by atoms with E-state index in [1.807, 2.05) is 129 Å². The van der Waals surface area contributed by atoms with Gasteiger partial charge in [-0.05, 0) is 117 Å². The quantitative estimate of drug-likeness (QED) is 0.0745. The number of H-pyrrole nitrogens is 2. The van der Waals surface area contributed by atoms with Crippen molar-refractivity contribution in [3.63, 3.8) is 0 Å². The molecule has 18 heteroatoms. The molecule has 0 atom stereocenters. The topological polar surface area (TPSA) is 160 Å². The largest absolute Gasteiger partial charge is 0.378 e. The van der Waals surface area contributed by atoms with Gasteiger partial charge in [-0.15, -0.1) is 0 Å². The molecule has 2 bridgehead atoms. The fourth-order valence-electron chi connectivity index (χ4n) is 8.74. The van der Waals surface area contributed by atoms with E-state index in [1.165, 1.54) is 26.1 Å². The Labute approximate surface area is 471 Å². The zero-order valence-corrected chi connectivity index (χ0v) is 49.5. The number of hydrogen-bond donors (Lipinski definition) is 2. The van der Waals surface area contributed by atoms with E-state index < -0.39 is 32.6 Å². The number of nitrogens with zero attached hydrogens (tertiary/aromatic N) is 6. The van der Waals surface area contributed by atoms with Crippen LogP contribution >= 0.6 is 49.3 Å². The molecule has 0 radical (unpaired) electrons. The van der Waals surface area contributed by atoms with Crippen molar-refractivity contribution in [3.05, 3.63) is 263 Å². The molecule has 370 valence electrons. The number of nitrogens with one attached hydrogen (secondary N) is 2. The Kier molecular flexibility index (Phi) is 19.1. The molecule has 2 N–H and O–H groups in total. The minimum Gasteiger partial charge on any atom is -0.378 e. The van der Waals surface area contributed by atoms with E-state index in [1.54, 1.807) is 43.5 Å². The molecule has 2 aromatic heterocycles. The van der Waals surface area contributed by atoms with Crippen LogP contribution in [0.15, 0.2) is 207 Å². The van der Waals surface area contributed by atoms with E-state index in [0.29, 0.717) is 11.4 Å². The van der Waals surface area contributed by atoms with Gasteiger partial charge < -0.3 is 17.2 Å². The molecule has 13 rings (SSSR count). The molecule has 3 aliphatic rings. The van der Waals surface area contributed by atoms with Crippen LogP contribution in [0.2, 0.25) is 0 Å². The van der Waals surface area contributed by atoms with Crippen molar-refractivity contribution in [1.29, 1.82) is 0 Å². The van der Waals surface area contributed by atoms with Crippen LogP contribution in [0.3, 0.4) is 0 Å². The zero-order chi connectivity index (χ0) is 52.2. The van der Waals surface area contributed by atoms with Crippen LogP contribution in [0.25, 0.3) is 32.9 Å². The molecule has 1 aliphatic carbocycles. The number of halogens is 2. The van der Waals surface area contributed by atoms with Gasteiger partial charge in [-0.3, -0.25) is 7.63 Å². The van der Waals surface area contributed by atoms with Crippen molar-refractivity contribution in [3.8, 4) is 11.4 Å². The molecular weight excluding hydrogens is 1390 g/mol. The maximum absolute atomic E-state index is 13.6. The molecule has 10 aromatic rings. The Hall–Kier alpha value is -6.23. The van der Waals surface area contributed by atoms with Crippen molar-refractivity contribution >= 4 is 82.3 Å². The van der Waals surface area contributed by atoms with Crippen LogP contribution in [0.4, 0.5) is 11.4 Å². The molecule has 0 saturated carbocycles. The summed E-state index contributed by atoms with van der Waals surface area (Å²) in [5.41, 5.74) is 5.92. The summed E-state index contributed by atoms with van der Waals surface area (Å²) in [6, 6.07) is 61.1. The van der Waals surface area contributed by atoms with Gasteiger partial charge in [-0.2, -0.15) is 0 Å². The predicted molar refractivity (Wildman–Crippen MR) is 307 cm³/mol. The minimum atomic E-state index is -0.941. The van der Waals surface area contributed by atoms with Crippen molar-refractivity contribution < 1.29 is 40.1 Å². The predicted octanol–water partition coefficient (Wildman–Crippen LogP) is 10.9. The average molecular weight is 1440 g/mol. The first kappa shape index (κ1) is 54.5. The number of hydrogen-bond acceptors (Lipinski definition) is 8. The van der Waals surface area contributed by atoms with Crippen LogP contribution in [-0.4, -0.2) is 56.9 Å². The molecule has 14 nitrogen and oxygen atoms in total. The summed E-state index contributed by atoms with van der Waals surface area (Å²) in [5, 5.41) is 9.71. The third kappa shape index (κ3) is 12.1. The normalized spacial score (nSPS) is 13.1. The smallest absolute Gasteiger partial charge is 0.352 e. The number of rotatable bonds is 5. The fourth-order valence-corrected chi connectivity index (χ4v) is 9.44. The Balaban J connectivity index is 0.000000171. The fraction of sp³-hybridized carbons (Fsp3) is 0.109. The molecule has 0 unspecified atom stereocenters. The van der Waals surface area contributed by atoms with E-state index in [9.17, 15) is 22.2 Å². The van der Waals surface area contributed by atoms with Gasteiger partial charge in [-0.25, -0.2) is 49.2 Å². The maximum Gasteiger partial charge on any atom is 0.352 e. The third-order valence-electron chi connectivity index (χ3n) is 12.0. The summed E-state index contributed by atoms with van der Waals surface area (Å²) in [6.45, 7) is 0. The van der Waals surface area contributed by atoms with Crippen LogP contribution in [-0.2, 0) is 7.63 Å². The van der Waals surface area contributed by atoms with E-state index in [2.05, 4.69) is 103 Å². The summed E-state index contributed by atoms with van der Waals surface area (Å²) in [5.74, 6) is 0. The third-order valence-corrected chi connectivity index (χ3v) is 13.3. The standard InChI is InChI=1S/C24H20N4O2.C14H10.C10H12N4O2.C6H5IO.CH3.IOP.U/c1-25(2)15-11-13-16(14-12-15)26-23(29)27-21-17-7-3-4-8-18(17)22(28(27)24(26)30)20-10-6-5-9-19(20)21;1-2-6-12-10-14-8-4-3-7-13(14)9-11(12)5-1;1-13(2)7-3-5-8(6-4-7)14-9(15)11-12-10(14)16;8-7-6-4-2-1-3-5-6;;1-3-2;/h3-14,21-22H,1-2H3;1-10H;3-6H,1-2H3,(H,11,15)(H,12,16);1-5H;1H3;;/q;;;;-1;;/i;;;;1D;;. The van der Waals surface area contributed by atoms with Crippen molar-refractivity contribution in [1.82, 2.24) is 28.7 Å². The summed E-state index contributed by atoms with van der Waals surface area (Å²) >= 11 is 0.764. The van der Waals surface area contributed by atoms with Crippen LogP contribution in [0.5, 0.6) is 0 Å². The van der Waals surface area contributed by atoms with E-state index >= 15 is 0 Å². The molecule has 73 heavy (non-hydrogen) atoms. The van der Waals surface area contributed by atoms with Gasteiger partial charge in [0.25, 0.3) is 0 Å². The summed E-state index contributed by atoms with van der Waals surface area (Å²) in [6.07, 6.45) is 0.137. The Morgan fingerprint density at radius 1 is 0.507 bits per heavy atom. The number of benzene rings is 8. The number of aromatic amines is 2. The van der Waals surface area contributed by atoms with Crippen molar-refractivity contribution in [2.24, 2.45) is 0 Å². The number of aromatic nitrogens is 6. The molecular formula is C55H50I2N8O6PU-. The van der Waals surface area contributed by atoms with Crippen LogP contribution in [0, 0.1) is 42.1 Å². The zero-order valence-electron chi connectivity index (χ0n) is 41.1. The van der Waals surface area contributed by atoms with Gasteiger partial charge in [-0.1, -0.05) is 115 Å². The molecule has 0 saturated heterocycles. The Morgan fingerprint density at radius 3 is 1.11 bits per heavy atom. The minimum absolute atomic E-state index is 0. The molecule has 2 aliphatic heterocycles. The first-order valence-electron chi connectivity index (χ1n) is 22.9. The Bertz CT molecular complexity index is 3490. The van der Waals surface area contributed by atoms with E-state index in [0.717, 1.165) is 41.8 Å². The summed E-state index contributed by atoms with van der Waals surface area (Å²) in [7, 11) is 10.3. The Morgan fingerprint density at radius 2 is 0.808 bits per heavy atom. The first-order chi connectivity index (χ1) is 35.4. The van der Waals surface area contributed by atoms with Gasteiger partial charge in [0.05, 0.1) is 11.4 Å². The van der Waals surface area contributed by atoms with E-state index in [-0.39, 0.29) is 60.7 Å². The summed E-state index contributed by atoms with van der Waals surface area (Å²) in [4.78, 5) is 53.7. The van der Waals surface area contributed by atoms with E-state index in [4.69, 9.17) is 5.94 Å². The van der Waals surface area contributed by atoms with Crippen molar-refractivity contribution in [2.45, 2.75) is 12.1 Å². The average Bonchev–Trinajstić information content (AvgIpc) is 3.91. The second kappa shape index (κ2) is 25.6. The van der Waals surface area contributed by atoms with Gasteiger partial charge in [0.2, 0.25) is 6.10 Å². The van der Waals surface area contributed by atoms with Crippen molar-refractivity contribution in [2.75, 3.05) is 38.0 Å².